The first-order chi connectivity index (χ1) is 9.53. The van der Waals surface area contributed by atoms with E-state index in [9.17, 15) is 8.42 Å². The number of hydrogen-bond acceptors (Lipinski definition) is 4. The number of likely N-dealkylation sites (N-methyl/N-ethyl adjacent to an activating group) is 1. The molecule has 0 saturated carbocycles. The third-order valence-corrected chi connectivity index (χ3v) is 4.62. The molecule has 1 rings (SSSR count). The van der Waals surface area contributed by atoms with Gasteiger partial charge in [-0.25, -0.2) is 13.1 Å². The Bertz CT molecular complexity index is 486. The predicted molar refractivity (Wildman–Crippen MR) is 80.3 cm³/mol. The molecular weight excluding hydrogens is 276 g/mol. The third kappa shape index (κ3) is 5.20. The highest BCUT2D eigenvalue weighted by Crippen LogP contribution is 2.12. The predicted octanol–water partition coefficient (Wildman–Crippen LogP) is 1.15. The zero-order chi connectivity index (χ0) is 15.0. The maximum atomic E-state index is 12.2. The lowest BCUT2D eigenvalue weighted by molar-refractivity contribution is 0.173. The molecule has 1 atom stereocenters. The normalized spacial score (nSPS) is 13.3. The average Bonchev–Trinajstić information content (AvgIpc) is 2.45. The standard InChI is InChI=1S/C14H24N2O3S/c1-4-13(11-19-3)16-20(17,18)14-7-5-12(6-8-14)9-10-15-2/h5-8,13,15-16H,4,9-11H2,1-3H3. The maximum absolute atomic E-state index is 12.2. The van der Waals surface area contributed by atoms with E-state index < -0.39 is 10.0 Å². The van der Waals surface area contributed by atoms with Crippen LogP contribution < -0.4 is 10.0 Å². The Kier molecular flexibility index (Phi) is 7.15. The number of rotatable bonds is 9. The van der Waals surface area contributed by atoms with Gasteiger partial charge in [-0.2, -0.15) is 0 Å². The van der Waals surface area contributed by atoms with Crippen LogP contribution in [0.4, 0.5) is 0 Å². The summed E-state index contributed by atoms with van der Waals surface area (Å²) in [6.07, 6.45) is 1.57. The average molecular weight is 300 g/mol. The summed E-state index contributed by atoms with van der Waals surface area (Å²) in [5.74, 6) is 0. The molecule has 0 spiro atoms. The fourth-order valence-corrected chi connectivity index (χ4v) is 3.13. The molecule has 114 valence electrons. The molecule has 6 heteroatoms. The van der Waals surface area contributed by atoms with Gasteiger partial charge in [0, 0.05) is 13.2 Å². The van der Waals surface area contributed by atoms with Gasteiger partial charge in [0.2, 0.25) is 10.0 Å². The van der Waals surface area contributed by atoms with Crippen LogP contribution in [-0.2, 0) is 21.2 Å². The Hall–Kier alpha value is -0.950. The van der Waals surface area contributed by atoms with E-state index in [0.717, 1.165) is 18.5 Å². The van der Waals surface area contributed by atoms with E-state index >= 15 is 0 Å². The van der Waals surface area contributed by atoms with Crippen molar-refractivity contribution in [1.29, 1.82) is 0 Å². The molecule has 1 aromatic carbocycles. The van der Waals surface area contributed by atoms with Crippen molar-refractivity contribution in [2.24, 2.45) is 0 Å². The molecule has 0 heterocycles. The molecule has 1 aromatic rings. The molecule has 0 bridgehead atoms. The number of methoxy groups -OCH3 is 1. The Balaban J connectivity index is 2.76. The second-order valence-corrected chi connectivity index (χ2v) is 6.39. The summed E-state index contributed by atoms with van der Waals surface area (Å²) < 4.78 is 32.1. The van der Waals surface area contributed by atoms with Crippen LogP contribution in [0.15, 0.2) is 29.2 Å². The lowest BCUT2D eigenvalue weighted by atomic mass is 10.1. The van der Waals surface area contributed by atoms with Crippen molar-refractivity contribution >= 4 is 10.0 Å². The third-order valence-electron chi connectivity index (χ3n) is 3.08. The number of ether oxygens (including phenoxy) is 1. The van der Waals surface area contributed by atoms with Gasteiger partial charge in [0.05, 0.1) is 11.5 Å². The minimum absolute atomic E-state index is 0.200. The lowest BCUT2D eigenvalue weighted by Crippen LogP contribution is -2.37. The van der Waals surface area contributed by atoms with Gasteiger partial charge >= 0.3 is 0 Å². The first kappa shape index (κ1) is 17.1. The van der Waals surface area contributed by atoms with Gasteiger partial charge in [-0.05, 0) is 44.1 Å². The number of nitrogens with one attached hydrogen (secondary N) is 2. The van der Waals surface area contributed by atoms with Crippen LogP contribution in [0.1, 0.15) is 18.9 Å². The van der Waals surface area contributed by atoms with Gasteiger partial charge in [0.1, 0.15) is 0 Å². The summed E-state index contributed by atoms with van der Waals surface area (Å²) in [6, 6.07) is 6.79. The smallest absolute Gasteiger partial charge is 0.240 e. The van der Waals surface area contributed by atoms with Crippen LogP contribution >= 0.6 is 0 Å². The first-order valence-corrected chi connectivity index (χ1v) is 8.26. The molecule has 0 aliphatic carbocycles. The van der Waals surface area contributed by atoms with Crippen LogP contribution in [0.3, 0.4) is 0 Å². The summed E-state index contributed by atoms with van der Waals surface area (Å²) in [5.41, 5.74) is 1.11. The summed E-state index contributed by atoms with van der Waals surface area (Å²) in [7, 11) is -0.0214. The van der Waals surface area contributed by atoms with Gasteiger partial charge in [-0.15, -0.1) is 0 Å². The minimum Gasteiger partial charge on any atom is -0.383 e. The van der Waals surface area contributed by atoms with Crippen LogP contribution in [-0.4, -0.2) is 41.8 Å². The molecule has 0 aliphatic heterocycles. The quantitative estimate of drug-likeness (QED) is 0.718. The van der Waals surface area contributed by atoms with Gasteiger partial charge < -0.3 is 10.1 Å². The highest BCUT2D eigenvalue weighted by molar-refractivity contribution is 7.89. The molecule has 5 nitrogen and oxygen atoms in total. The molecule has 1 unspecified atom stereocenters. The summed E-state index contributed by atoms with van der Waals surface area (Å²) in [5, 5.41) is 3.06. The van der Waals surface area contributed by atoms with E-state index in [0.29, 0.717) is 17.9 Å². The monoisotopic (exact) mass is 300 g/mol. The summed E-state index contributed by atoms with van der Waals surface area (Å²) in [4.78, 5) is 0.292. The Morgan fingerprint density at radius 1 is 1.25 bits per heavy atom. The molecule has 0 amide bonds. The van der Waals surface area contributed by atoms with Crippen LogP contribution in [0, 0.1) is 0 Å². The number of benzene rings is 1. The molecule has 0 fully saturated rings. The van der Waals surface area contributed by atoms with E-state index in [-0.39, 0.29) is 6.04 Å². The zero-order valence-corrected chi connectivity index (χ0v) is 13.2. The molecule has 2 N–H and O–H groups in total. The van der Waals surface area contributed by atoms with Crippen LogP contribution in [0.25, 0.3) is 0 Å². The van der Waals surface area contributed by atoms with Crippen molar-refractivity contribution in [3.63, 3.8) is 0 Å². The molecule has 20 heavy (non-hydrogen) atoms. The second kappa shape index (κ2) is 8.36. The topological polar surface area (TPSA) is 67.4 Å². The van der Waals surface area contributed by atoms with Gasteiger partial charge in [0.25, 0.3) is 0 Å². The molecule has 0 aromatic heterocycles. The highest BCUT2D eigenvalue weighted by atomic mass is 32.2. The Morgan fingerprint density at radius 2 is 1.90 bits per heavy atom. The van der Waals surface area contributed by atoms with Crippen LogP contribution in [0.2, 0.25) is 0 Å². The van der Waals surface area contributed by atoms with E-state index in [1.165, 1.54) is 0 Å². The zero-order valence-electron chi connectivity index (χ0n) is 12.3. The highest BCUT2D eigenvalue weighted by Gasteiger charge is 2.18. The van der Waals surface area contributed by atoms with Crippen molar-refractivity contribution < 1.29 is 13.2 Å². The fraction of sp³-hybridized carbons (Fsp3) is 0.571. The number of sulfonamides is 1. The Morgan fingerprint density at radius 3 is 2.40 bits per heavy atom. The second-order valence-electron chi connectivity index (χ2n) is 4.68. The van der Waals surface area contributed by atoms with E-state index in [1.54, 1.807) is 19.2 Å². The van der Waals surface area contributed by atoms with E-state index in [4.69, 9.17) is 4.74 Å². The van der Waals surface area contributed by atoms with Gasteiger partial charge in [0.15, 0.2) is 0 Å². The van der Waals surface area contributed by atoms with E-state index in [1.807, 2.05) is 26.1 Å². The van der Waals surface area contributed by atoms with Gasteiger partial charge in [-0.3, -0.25) is 0 Å². The fourth-order valence-electron chi connectivity index (χ4n) is 1.83. The van der Waals surface area contributed by atoms with Crippen molar-refractivity contribution in [3.05, 3.63) is 29.8 Å². The molecule has 0 radical (unpaired) electrons. The van der Waals surface area contributed by atoms with Crippen molar-refractivity contribution in [1.82, 2.24) is 10.0 Å². The summed E-state index contributed by atoms with van der Waals surface area (Å²) >= 11 is 0. The minimum atomic E-state index is -3.48. The summed E-state index contributed by atoms with van der Waals surface area (Å²) in [6.45, 7) is 3.17. The van der Waals surface area contributed by atoms with Gasteiger partial charge in [-0.1, -0.05) is 19.1 Å². The van der Waals surface area contributed by atoms with Crippen molar-refractivity contribution in [2.75, 3.05) is 27.3 Å². The van der Waals surface area contributed by atoms with Crippen LogP contribution in [0.5, 0.6) is 0 Å². The van der Waals surface area contributed by atoms with Crippen molar-refractivity contribution in [3.8, 4) is 0 Å². The molecular formula is C14H24N2O3S. The Labute approximate surface area is 121 Å². The SMILES string of the molecule is CCC(COC)NS(=O)(=O)c1ccc(CCNC)cc1. The maximum Gasteiger partial charge on any atom is 0.240 e. The largest absolute Gasteiger partial charge is 0.383 e. The first-order valence-electron chi connectivity index (χ1n) is 6.78. The lowest BCUT2D eigenvalue weighted by Gasteiger charge is -2.16. The molecule has 0 saturated heterocycles. The molecule has 0 aliphatic rings. The van der Waals surface area contributed by atoms with E-state index in [2.05, 4.69) is 10.0 Å². The van der Waals surface area contributed by atoms with Crippen molar-refractivity contribution in [2.45, 2.75) is 30.7 Å². The number of hydrogen-bond donors (Lipinski definition) is 2.